The van der Waals surface area contributed by atoms with Gasteiger partial charge >= 0.3 is 16.8 Å². The van der Waals surface area contributed by atoms with Crippen molar-refractivity contribution in [3.8, 4) is 0 Å². The van der Waals surface area contributed by atoms with Crippen LogP contribution >= 0.6 is 0 Å². The molecule has 0 aromatic carbocycles. The summed E-state index contributed by atoms with van der Waals surface area (Å²) in [4.78, 5) is 0. The van der Waals surface area contributed by atoms with Crippen molar-refractivity contribution in [1.29, 1.82) is 0 Å². The van der Waals surface area contributed by atoms with Crippen LogP contribution in [0.25, 0.3) is 0 Å². The van der Waals surface area contributed by atoms with Gasteiger partial charge in [0.25, 0.3) is 0 Å². The van der Waals surface area contributed by atoms with Crippen molar-refractivity contribution in [3.05, 3.63) is 0 Å². The number of hydrogen-bond acceptors (Lipinski definition) is 14. The minimum atomic E-state index is -4.94. The molecule has 20 nitrogen and oxygen atoms in total. The van der Waals surface area contributed by atoms with E-state index in [0.29, 0.717) is 6.54 Å². The second-order valence-corrected chi connectivity index (χ2v) is 4.23. The van der Waals surface area contributed by atoms with Crippen molar-refractivity contribution in [2.75, 3.05) is 20.2 Å². The third-order valence-corrected chi connectivity index (χ3v) is 0.362. The molecule has 0 heterocycles. The van der Waals surface area contributed by atoms with Crippen molar-refractivity contribution in [3.63, 3.8) is 0 Å². The van der Waals surface area contributed by atoms with Crippen molar-refractivity contribution >= 4 is 0 Å². The minimum absolute atomic E-state index is 0. The molecule has 0 radical (unpaired) electrons. The van der Waals surface area contributed by atoms with E-state index >= 15 is 0 Å². The molecular weight excluding hydrogens is 519 g/mol. The number of nitrogens with one attached hydrogen (secondary N) is 1. The number of rotatable bonds is 2. The van der Waals surface area contributed by atoms with E-state index in [4.69, 9.17) is 61.0 Å². The first-order valence-electron chi connectivity index (χ1n) is 3.52. The van der Waals surface area contributed by atoms with Gasteiger partial charge in [0.1, 0.15) is 0 Å². The van der Waals surface area contributed by atoms with Crippen LogP contribution in [0.4, 0.5) is 0 Å². The fourth-order valence-electron chi connectivity index (χ4n) is 0.112. The van der Waals surface area contributed by atoms with Gasteiger partial charge in [-0.25, -0.2) is 55.9 Å². The van der Waals surface area contributed by atoms with Gasteiger partial charge in [0, 0.05) is 6.54 Å². The molecule has 0 atom stereocenters. The van der Waals surface area contributed by atoms with Gasteiger partial charge in [-0.3, -0.25) is 0 Å². The van der Waals surface area contributed by atoms with E-state index in [-0.39, 0.29) is 56.2 Å². The maximum absolute atomic E-state index is 8.49. The fourth-order valence-corrected chi connectivity index (χ4v) is 0.112. The first kappa shape index (κ1) is 70.9. The Bertz CT molecular complexity index is 146. The second-order valence-electron chi connectivity index (χ2n) is 1.96. The largest absolute Gasteiger partial charge is 3.00 e. The van der Waals surface area contributed by atoms with E-state index in [0.717, 1.165) is 0 Å². The Morgan fingerprint density at radius 3 is 0.667 bits per heavy atom. The van der Waals surface area contributed by atoms with Gasteiger partial charge < -0.3 is 43.3 Å². The molecule has 0 aromatic heterocycles. The second kappa shape index (κ2) is 37.3. The average molecular weight is 540 g/mol. The molecule has 14 N–H and O–H groups in total. The van der Waals surface area contributed by atoms with Gasteiger partial charge in [0.15, 0.2) is 0 Å². The fraction of sp³-hybridized carbons (Fsp3) is 1.00. The van der Waals surface area contributed by atoms with E-state index in [1.807, 2.05) is 0 Å². The maximum Gasteiger partial charge on any atom is 3.00 e. The Kier molecular flexibility index (Phi) is 98.0. The van der Waals surface area contributed by atoms with Crippen LogP contribution in [0.5, 0.6) is 0 Å². The van der Waals surface area contributed by atoms with E-state index in [2.05, 4.69) is 5.32 Å². The zero-order valence-electron chi connectivity index (χ0n) is 12.7. The van der Waals surface area contributed by atoms with Gasteiger partial charge in [-0.2, -0.15) is 0 Å². The molecule has 0 rings (SSSR count). The first-order valence-corrected chi connectivity index (χ1v) is 7.22. The normalized spacial score (nSPS) is 8.22. The minimum Gasteiger partial charge on any atom is -0.412 e. The summed E-state index contributed by atoms with van der Waals surface area (Å²) in [5.74, 6) is 0. The predicted octanol–water partition coefficient (Wildman–Crippen LogP) is -20.0. The smallest absolute Gasteiger partial charge is 0.412 e. The van der Waals surface area contributed by atoms with Crippen LogP contribution in [0, 0.1) is 30.7 Å². The summed E-state index contributed by atoms with van der Waals surface area (Å²) in [6.07, 6.45) is 0. The molecule has 27 heavy (non-hydrogen) atoms. The number of halogens is 3. The summed E-state index contributed by atoms with van der Waals surface area (Å²) in [6, 6.07) is 0. The van der Waals surface area contributed by atoms with Crippen LogP contribution in [0.3, 0.4) is 0 Å². The van der Waals surface area contributed by atoms with Crippen LogP contribution < -0.4 is 61.2 Å². The van der Waals surface area contributed by atoms with Crippen molar-refractivity contribution in [2.24, 2.45) is 0 Å². The van der Waals surface area contributed by atoms with Crippen LogP contribution in [0.1, 0.15) is 0 Å². The molecule has 182 valence electrons. The van der Waals surface area contributed by atoms with E-state index in [1.54, 1.807) is 7.05 Å². The summed E-state index contributed by atoms with van der Waals surface area (Å²) < 4.78 is 102. The summed E-state index contributed by atoms with van der Waals surface area (Å²) in [5, 5.41) is 10.8. The van der Waals surface area contributed by atoms with Crippen LogP contribution in [0.2, 0.25) is 0 Å². The first-order chi connectivity index (χ1) is 8.41. The Morgan fingerprint density at radius 2 is 0.667 bits per heavy atom. The third kappa shape index (κ3) is 2420. The molecule has 0 amide bonds. The topological polar surface area (TPSA) is 498 Å². The molecule has 0 unspecified atom stereocenters. The van der Waals surface area contributed by atoms with Gasteiger partial charge in [-0.1, -0.05) is 0 Å². The maximum atomic E-state index is 8.49. The number of aliphatic hydroxyl groups is 1. The zero-order chi connectivity index (χ0) is 17.6. The van der Waals surface area contributed by atoms with Gasteiger partial charge in [0.05, 0.1) is 6.61 Å². The summed E-state index contributed by atoms with van der Waals surface area (Å²) in [7, 11) is -13.0. The standard InChI is InChI=1S/C3H9NO.3ClHO4.Co.6H2O/c1-4-2-3-5;3*2-1(3,4)5;;;;;;;/h4-5H,2-3H2,1H3;3*(H,2,3,4,5);;6*1H2/q;;;;+3;;;;;;/p-3. The molecule has 24 heteroatoms. The molecule has 0 aliphatic heterocycles. The van der Waals surface area contributed by atoms with Crippen molar-refractivity contribution in [2.45, 2.75) is 0 Å². The quantitative estimate of drug-likeness (QED) is 0.328. The Hall–Kier alpha value is 0.576. The summed E-state index contributed by atoms with van der Waals surface area (Å²) in [5.41, 5.74) is 0. The Labute approximate surface area is 167 Å². The molecule has 0 bridgehead atoms. The Balaban J connectivity index is -0.0000000129. The molecule has 0 aromatic rings. The van der Waals surface area contributed by atoms with Crippen LogP contribution in [0.15, 0.2) is 0 Å². The molecule has 0 aliphatic rings. The number of aliphatic hydroxyl groups excluding tert-OH is 1. The van der Waals surface area contributed by atoms with Crippen LogP contribution in [-0.4, -0.2) is 58.2 Å². The predicted molar refractivity (Wildman–Crippen MR) is 42.7 cm³/mol. The molecule has 0 saturated carbocycles. The molecule has 0 fully saturated rings. The molecule has 0 spiro atoms. The Morgan fingerprint density at radius 1 is 0.556 bits per heavy atom. The monoisotopic (exact) mass is 539 g/mol. The van der Waals surface area contributed by atoms with E-state index < -0.39 is 30.7 Å². The van der Waals surface area contributed by atoms with Crippen molar-refractivity contribution < 1.29 is 141 Å². The van der Waals surface area contributed by atoms with Gasteiger partial charge in [0.2, 0.25) is 0 Å². The third-order valence-electron chi connectivity index (χ3n) is 0.362. The SMILES string of the molecule is CNCCO.O.O.O.O.O.O.[Co+3].[O-][Cl+3]([O-])([O-])[O-].[O-][Cl+3]([O-])([O-])[O-].[O-][Cl+3]([O-])([O-])[O-]. The van der Waals surface area contributed by atoms with Crippen molar-refractivity contribution in [1.82, 2.24) is 5.32 Å². The average Bonchev–Trinajstić information content (AvgIpc) is 1.94. The number of likely N-dealkylation sites (N-methyl/N-ethyl adjacent to an activating group) is 1. The zero-order valence-corrected chi connectivity index (χ0v) is 16.0. The molecular formula is C3H21Cl3CoNO19. The summed E-state index contributed by atoms with van der Waals surface area (Å²) in [6.45, 7) is 0.927. The molecule has 0 saturated heterocycles. The molecule has 0 aliphatic carbocycles. The van der Waals surface area contributed by atoms with E-state index in [1.165, 1.54) is 0 Å². The van der Waals surface area contributed by atoms with Crippen LogP contribution in [-0.2, 0) is 16.8 Å². The van der Waals surface area contributed by atoms with Gasteiger partial charge in [-0.05, 0) is 7.05 Å². The van der Waals surface area contributed by atoms with E-state index in [9.17, 15) is 0 Å². The number of hydrogen-bond donors (Lipinski definition) is 2. The van der Waals surface area contributed by atoms with Gasteiger partial charge in [-0.15, -0.1) is 30.7 Å². The summed E-state index contributed by atoms with van der Waals surface area (Å²) >= 11 is 0.